The minimum absolute atomic E-state index is 0.130. The Balaban J connectivity index is 1.07. The quantitative estimate of drug-likeness (QED) is 0.174. The third-order valence-corrected chi connectivity index (χ3v) is 17.5. The Morgan fingerprint density at radius 2 is 0.919 bits per heavy atom. The molecule has 0 fully saturated rings. The van der Waals surface area contributed by atoms with Crippen LogP contribution in [0.5, 0.6) is 0 Å². The molecular formula is C58H37NS3. The molecule has 4 heteroatoms. The standard InChI is InChI=1S/C58H37NS3/c1-57(2)41-18-6-3-15-35(41)37-30-29-34(31-45(37)57)59(47-22-13-27-52-55(47)38-17-5-10-24-49(38)60-52)48-23-14-28-53-56(48)40-32-39-36-16-4-7-19-42(36)58(46(39)33-54(40)62-53)43-20-8-11-25-50(43)61-51-26-12-9-21-44(51)58/h3-33H,1-2H3. The van der Waals surface area contributed by atoms with E-state index in [0.29, 0.717) is 0 Å². The van der Waals surface area contributed by atoms with Gasteiger partial charge in [0.25, 0.3) is 0 Å². The van der Waals surface area contributed by atoms with E-state index >= 15 is 0 Å². The van der Waals surface area contributed by atoms with Crippen molar-refractivity contribution in [2.24, 2.45) is 0 Å². The van der Waals surface area contributed by atoms with Crippen LogP contribution >= 0.6 is 34.4 Å². The summed E-state index contributed by atoms with van der Waals surface area (Å²) >= 11 is 5.72. The summed E-state index contributed by atoms with van der Waals surface area (Å²) in [7, 11) is 0. The second-order valence-corrected chi connectivity index (χ2v) is 20.8. The summed E-state index contributed by atoms with van der Waals surface area (Å²) in [5.74, 6) is 0. The summed E-state index contributed by atoms with van der Waals surface area (Å²) in [5.41, 5.74) is 16.6. The molecule has 3 heterocycles. The number of anilines is 3. The van der Waals surface area contributed by atoms with Crippen LogP contribution in [0, 0.1) is 0 Å². The van der Waals surface area contributed by atoms with Crippen molar-refractivity contribution in [2.75, 3.05) is 4.90 Å². The third-order valence-electron chi connectivity index (χ3n) is 14.1. The van der Waals surface area contributed by atoms with Gasteiger partial charge in [-0.05, 0) is 122 Å². The predicted octanol–water partition coefficient (Wildman–Crippen LogP) is 17.0. The highest BCUT2D eigenvalue weighted by molar-refractivity contribution is 7.99. The van der Waals surface area contributed by atoms with Crippen molar-refractivity contribution >= 4 is 91.8 Å². The van der Waals surface area contributed by atoms with Crippen molar-refractivity contribution in [3.63, 3.8) is 0 Å². The average molecular weight is 844 g/mol. The fourth-order valence-electron chi connectivity index (χ4n) is 11.5. The molecule has 9 aromatic carbocycles. The van der Waals surface area contributed by atoms with E-state index in [1.54, 1.807) is 0 Å². The zero-order valence-electron chi connectivity index (χ0n) is 34.1. The number of rotatable bonds is 3. The van der Waals surface area contributed by atoms with Gasteiger partial charge in [-0.2, -0.15) is 0 Å². The van der Waals surface area contributed by atoms with Gasteiger partial charge in [0.05, 0.1) is 16.8 Å². The molecule has 2 aliphatic carbocycles. The predicted molar refractivity (Wildman–Crippen MR) is 266 cm³/mol. The van der Waals surface area contributed by atoms with E-state index in [1.165, 1.54) is 123 Å². The molecule has 0 atom stereocenters. The van der Waals surface area contributed by atoms with Gasteiger partial charge < -0.3 is 4.90 Å². The molecule has 0 saturated carbocycles. The summed E-state index contributed by atoms with van der Waals surface area (Å²) in [6, 6.07) is 71.5. The van der Waals surface area contributed by atoms with Gasteiger partial charge in [-0.15, -0.1) is 22.7 Å². The molecule has 0 amide bonds. The zero-order chi connectivity index (χ0) is 40.9. The summed E-state index contributed by atoms with van der Waals surface area (Å²) in [5, 5.41) is 5.21. The van der Waals surface area contributed by atoms with Crippen LogP contribution in [0.15, 0.2) is 198 Å². The Hall–Kier alpha value is -6.43. The number of fused-ring (bicyclic) bond motifs is 18. The van der Waals surface area contributed by atoms with Crippen LogP contribution in [0.3, 0.4) is 0 Å². The Kier molecular flexibility index (Phi) is 7.14. The van der Waals surface area contributed by atoms with Gasteiger partial charge in [0.15, 0.2) is 0 Å². The lowest BCUT2D eigenvalue weighted by atomic mass is 9.67. The smallest absolute Gasteiger partial charge is 0.0735 e. The maximum atomic E-state index is 2.59. The van der Waals surface area contributed by atoms with Crippen LogP contribution in [0.4, 0.5) is 17.1 Å². The van der Waals surface area contributed by atoms with Gasteiger partial charge in [0.1, 0.15) is 0 Å². The van der Waals surface area contributed by atoms with Crippen molar-refractivity contribution < 1.29 is 0 Å². The largest absolute Gasteiger partial charge is 0.309 e. The molecule has 292 valence electrons. The van der Waals surface area contributed by atoms with Crippen LogP contribution in [0.25, 0.3) is 62.6 Å². The van der Waals surface area contributed by atoms with Gasteiger partial charge in [0.2, 0.25) is 0 Å². The second-order valence-electron chi connectivity index (χ2n) is 17.5. The molecule has 0 bridgehead atoms. The van der Waals surface area contributed by atoms with Crippen molar-refractivity contribution in [1.82, 2.24) is 0 Å². The van der Waals surface area contributed by atoms with E-state index in [1.807, 2.05) is 34.4 Å². The maximum absolute atomic E-state index is 2.59. The van der Waals surface area contributed by atoms with E-state index in [-0.39, 0.29) is 5.41 Å². The number of hydrogen-bond acceptors (Lipinski definition) is 4. The van der Waals surface area contributed by atoms with Gasteiger partial charge in [-0.1, -0.05) is 147 Å². The lowest BCUT2D eigenvalue weighted by molar-refractivity contribution is 0.660. The number of thiophene rings is 2. The van der Waals surface area contributed by atoms with Crippen molar-refractivity contribution in [1.29, 1.82) is 0 Å². The molecule has 2 aromatic heterocycles. The average Bonchev–Trinajstić information content (AvgIpc) is 4.02. The number of nitrogens with zero attached hydrogens (tertiary/aromatic N) is 1. The highest BCUT2D eigenvalue weighted by atomic mass is 32.2. The molecule has 11 aromatic rings. The maximum Gasteiger partial charge on any atom is 0.0735 e. The highest BCUT2D eigenvalue weighted by Gasteiger charge is 2.50. The molecule has 3 aliphatic rings. The molecule has 1 nitrogen and oxygen atoms in total. The lowest BCUT2D eigenvalue weighted by Crippen LogP contribution is -2.31. The van der Waals surface area contributed by atoms with E-state index in [4.69, 9.17) is 0 Å². The first kappa shape index (κ1) is 35.2. The normalized spacial score (nSPS) is 14.8. The van der Waals surface area contributed by atoms with Gasteiger partial charge in [-0.3, -0.25) is 0 Å². The fourth-order valence-corrected chi connectivity index (χ4v) is 15.0. The molecule has 14 rings (SSSR count). The van der Waals surface area contributed by atoms with Crippen molar-refractivity contribution in [3.05, 3.63) is 221 Å². The molecule has 0 N–H and O–H groups in total. The number of hydrogen-bond donors (Lipinski definition) is 0. The van der Waals surface area contributed by atoms with E-state index in [2.05, 4.69) is 207 Å². The van der Waals surface area contributed by atoms with Gasteiger partial charge in [-0.25, -0.2) is 0 Å². The summed E-state index contributed by atoms with van der Waals surface area (Å²) < 4.78 is 5.23. The molecular weight excluding hydrogens is 807 g/mol. The Morgan fingerprint density at radius 1 is 0.371 bits per heavy atom. The van der Waals surface area contributed by atoms with Crippen LogP contribution < -0.4 is 4.90 Å². The monoisotopic (exact) mass is 843 g/mol. The van der Waals surface area contributed by atoms with E-state index in [9.17, 15) is 0 Å². The van der Waals surface area contributed by atoms with E-state index in [0.717, 1.165) is 0 Å². The first-order valence-electron chi connectivity index (χ1n) is 21.4. The Bertz CT molecular complexity index is 3690. The third kappa shape index (κ3) is 4.49. The van der Waals surface area contributed by atoms with Crippen LogP contribution in [0.1, 0.15) is 47.2 Å². The van der Waals surface area contributed by atoms with Crippen molar-refractivity contribution in [3.8, 4) is 22.3 Å². The van der Waals surface area contributed by atoms with Crippen LogP contribution in [-0.2, 0) is 10.8 Å². The molecule has 0 saturated heterocycles. The Labute approximate surface area is 372 Å². The van der Waals surface area contributed by atoms with Crippen molar-refractivity contribution in [2.45, 2.75) is 34.5 Å². The highest BCUT2D eigenvalue weighted by Crippen LogP contribution is 2.63. The zero-order valence-corrected chi connectivity index (χ0v) is 36.5. The SMILES string of the molecule is CC1(C)c2ccccc2-c2ccc(N(c3cccc4sc5ccccc5c34)c3cccc4sc5cc6c(cc5c34)-c3ccccc3C63c4ccccc4Sc4ccccc43)cc21. The summed E-state index contributed by atoms with van der Waals surface area (Å²) in [6.07, 6.45) is 0. The van der Waals surface area contributed by atoms with Crippen LogP contribution in [-0.4, -0.2) is 0 Å². The Morgan fingerprint density at radius 3 is 1.65 bits per heavy atom. The molecule has 0 radical (unpaired) electrons. The molecule has 1 spiro atoms. The molecule has 62 heavy (non-hydrogen) atoms. The summed E-state index contributed by atoms with van der Waals surface area (Å²) in [4.78, 5) is 5.25. The summed E-state index contributed by atoms with van der Waals surface area (Å²) in [6.45, 7) is 4.78. The van der Waals surface area contributed by atoms with Crippen LogP contribution in [0.2, 0.25) is 0 Å². The fraction of sp³-hybridized carbons (Fsp3) is 0.0690. The first-order valence-corrected chi connectivity index (χ1v) is 23.9. The second kappa shape index (κ2) is 12.6. The first-order chi connectivity index (χ1) is 30.5. The van der Waals surface area contributed by atoms with E-state index < -0.39 is 5.41 Å². The minimum atomic E-state index is -0.409. The van der Waals surface area contributed by atoms with Gasteiger partial charge >= 0.3 is 0 Å². The number of benzene rings is 9. The molecule has 1 aliphatic heterocycles. The molecule has 0 unspecified atom stereocenters. The topological polar surface area (TPSA) is 3.24 Å². The minimum Gasteiger partial charge on any atom is -0.309 e. The lowest BCUT2D eigenvalue weighted by Gasteiger charge is -2.39. The van der Waals surface area contributed by atoms with Gasteiger partial charge in [0, 0.05) is 61.2 Å².